The Hall–Kier alpha value is -0.650. The van der Waals surface area contributed by atoms with E-state index in [-0.39, 0.29) is 6.04 Å². The van der Waals surface area contributed by atoms with E-state index in [2.05, 4.69) is 5.32 Å². The lowest BCUT2D eigenvalue weighted by atomic mass is 10.1. The average Bonchev–Trinajstić information content (AvgIpc) is 2.06. The van der Waals surface area contributed by atoms with Gasteiger partial charge in [0.15, 0.2) is 0 Å². The first-order valence-corrected chi connectivity index (χ1v) is 3.94. The minimum absolute atomic E-state index is 0.0213. The summed E-state index contributed by atoms with van der Waals surface area (Å²) in [5.74, 6) is -0.734. The number of hydrogen-bond acceptors (Lipinski definition) is 4. The van der Waals surface area contributed by atoms with Crippen LogP contribution >= 0.6 is 0 Å². The van der Waals surface area contributed by atoms with Crippen molar-refractivity contribution < 1.29 is 19.7 Å². The third-order valence-electron chi connectivity index (χ3n) is 1.80. The zero-order valence-electron chi connectivity index (χ0n) is 6.69. The van der Waals surface area contributed by atoms with Crippen LogP contribution in [0.4, 0.5) is 0 Å². The van der Waals surface area contributed by atoms with Crippen molar-refractivity contribution in [1.29, 1.82) is 0 Å². The number of aliphatic hydroxyl groups excluding tert-OH is 1. The van der Waals surface area contributed by atoms with Gasteiger partial charge in [0, 0.05) is 19.3 Å². The van der Waals surface area contributed by atoms with E-state index in [0.29, 0.717) is 13.2 Å². The molecule has 5 heteroatoms. The average molecular weight is 175 g/mol. The molecule has 1 rings (SSSR count). The Balaban J connectivity index is 2.24. The summed E-state index contributed by atoms with van der Waals surface area (Å²) in [6.45, 7) is 1.24. The highest BCUT2D eigenvalue weighted by atomic mass is 16.5. The summed E-state index contributed by atoms with van der Waals surface area (Å²) in [6.07, 6.45) is -0.440. The Morgan fingerprint density at radius 2 is 2.00 bits per heavy atom. The first-order chi connectivity index (χ1) is 5.70. The molecule has 1 heterocycles. The molecule has 0 aromatic heterocycles. The lowest BCUT2D eigenvalue weighted by molar-refractivity contribution is -0.148. The molecule has 0 spiro atoms. The van der Waals surface area contributed by atoms with Gasteiger partial charge in [-0.25, -0.2) is 0 Å². The first kappa shape index (κ1) is 9.44. The third kappa shape index (κ3) is 2.77. The van der Waals surface area contributed by atoms with Gasteiger partial charge in [-0.3, -0.25) is 4.79 Å². The van der Waals surface area contributed by atoms with Gasteiger partial charge in [0.2, 0.25) is 6.29 Å². The molecule has 1 aliphatic rings. The normalized spacial score (nSPS) is 19.6. The number of aliphatic hydroxyl groups is 2. The smallest absolute Gasteiger partial charge is 0.276 e. The molecule has 1 saturated heterocycles. The van der Waals surface area contributed by atoms with Crippen LogP contribution in [-0.4, -0.2) is 41.7 Å². The van der Waals surface area contributed by atoms with Crippen LogP contribution in [-0.2, 0) is 9.53 Å². The van der Waals surface area contributed by atoms with E-state index in [1.165, 1.54) is 0 Å². The van der Waals surface area contributed by atoms with Crippen LogP contribution in [0.1, 0.15) is 12.8 Å². The van der Waals surface area contributed by atoms with Gasteiger partial charge >= 0.3 is 0 Å². The summed E-state index contributed by atoms with van der Waals surface area (Å²) >= 11 is 0. The zero-order valence-corrected chi connectivity index (χ0v) is 6.69. The molecule has 0 unspecified atom stereocenters. The quantitative estimate of drug-likeness (QED) is 0.451. The lowest BCUT2D eigenvalue weighted by Gasteiger charge is -2.23. The second-order valence-electron chi connectivity index (χ2n) is 2.77. The molecule has 0 aromatic carbocycles. The molecule has 1 fully saturated rings. The van der Waals surface area contributed by atoms with Crippen LogP contribution in [0.5, 0.6) is 0 Å². The van der Waals surface area contributed by atoms with Gasteiger partial charge in [-0.2, -0.15) is 0 Å². The van der Waals surface area contributed by atoms with E-state index >= 15 is 0 Å². The number of carbonyl (C=O) groups excluding carboxylic acids is 1. The molecule has 0 radical (unpaired) electrons. The molecule has 0 saturated carbocycles. The predicted octanol–water partition coefficient (Wildman–Crippen LogP) is -1.41. The van der Waals surface area contributed by atoms with Crippen LogP contribution in [0.25, 0.3) is 0 Å². The number of nitrogens with one attached hydrogen (secondary N) is 1. The summed E-state index contributed by atoms with van der Waals surface area (Å²) in [6, 6.07) is 0.0213. The topological polar surface area (TPSA) is 78.8 Å². The van der Waals surface area contributed by atoms with Gasteiger partial charge in [0.1, 0.15) is 0 Å². The number of hydrogen-bond donors (Lipinski definition) is 3. The summed E-state index contributed by atoms with van der Waals surface area (Å²) in [5.41, 5.74) is 0. The maximum atomic E-state index is 10.8. The van der Waals surface area contributed by atoms with Crippen molar-refractivity contribution in [1.82, 2.24) is 5.32 Å². The molecule has 1 amide bonds. The molecule has 70 valence electrons. The minimum atomic E-state index is -1.91. The fraction of sp³-hybridized carbons (Fsp3) is 0.857. The van der Waals surface area contributed by atoms with Crippen LogP contribution in [0.2, 0.25) is 0 Å². The van der Waals surface area contributed by atoms with E-state index in [4.69, 9.17) is 14.9 Å². The fourth-order valence-electron chi connectivity index (χ4n) is 1.12. The van der Waals surface area contributed by atoms with Gasteiger partial charge in [-0.15, -0.1) is 0 Å². The molecular formula is C7H13NO4. The van der Waals surface area contributed by atoms with Gasteiger partial charge in [-0.05, 0) is 12.8 Å². The maximum absolute atomic E-state index is 10.8. The Kier molecular flexibility index (Phi) is 3.46. The Labute approximate surface area is 70.3 Å². The highest BCUT2D eigenvalue weighted by molar-refractivity contribution is 5.79. The Morgan fingerprint density at radius 3 is 2.50 bits per heavy atom. The van der Waals surface area contributed by atoms with Crippen molar-refractivity contribution in [2.45, 2.75) is 25.2 Å². The summed E-state index contributed by atoms with van der Waals surface area (Å²) < 4.78 is 5.07. The summed E-state index contributed by atoms with van der Waals surface area (Å²) in [4.78, 5) is 10.8. The molecule has 0 aromatic rings. The molecule has 0 atom stereocenters. The largest absolute Gasteiger partial charge is 0.381 e. The molecule has 3 N–H and O–H groups in total. The fourth-order valence-corrected chi connectivity index (χ4v) is 1.12. The second kappa shape index (κ2) is 4.39. The number of ether oxygens (including phenoxy) is 1. The number of carbonyl (C=O) groups is 1. The highest BCUT2D eigenvalue weighted by Crippen LogP contribution is 2.05. The summed E-state index contributed by atoms with van der Waals surface area (Å²) in [7, 11) is 0. The van der Waals surface area contributed by atoms with Crippen molar-refractivity contribution in [2.24, 2.45) is 0 Å². The van der Waals surface area contributed by atoms with Crippen LogP contribution < -0.4 is 5.32 Å². The van der Waals surface area contributed by atoms with Crippen LogP contribution in [0.3, 0.4) is 0 Å². The predicted molar refractivity (Wildman–Crippen MR) is 40.2 cm³/mol. The first-order valence-electron chi connectivity index (χ1n) is 3.94. The van der Waals surface area contributed by atoms with E-state index in [1.807, 2.05) is 0 Å². The standard InChI is InChI=1S/C7H13NO4/c9-6(7(10)11)8-5-1-3-12-4-2-5/h5,7,10-11H,1-4H2,(H,8,9). The number of rotatable bonds is 2. The third-order valence-corrected chi connectivity index (χ3v) is 1.80. The van der Waals surface area contributed by atoms with Crippen LogP contribution in [0.15, 0.2) is 0 Å². The monoisotopic (exact) mass is 175 g/mol. The van der Waals surface area contributed by atoms with E-state index in [9.17, 15) is 4.79 Å². The molecular weight excluding hydrogens is 162 g/mol. The molecule has 0 bridgehead atoms. The maximum Gasteiger partial charge on any atom is 0.276 e. The highest BCUT2D eigenvalue weighted by Gasteiger charge is 2.18. The number of amides is 1. The molecule has 1 aliphatic heterocycles. The van der Waals surface area contributed by atoms with Crippen molar-refractivity contribution >= 4 is 5.91 Å². The second-order valence-corrected chi connectivity index (χ2v) is 2.77. The zero-order chi connectivity index (χ0) is 8.97. The molecule has 12 heavy (non-hydrogen) atoms. The van der Waals surface area contributed by atoms with Gasteiger partial charge < -0.3 is 20.3 Å². The van der Waals surface area contributed by atoms with Crippen molar-refractivity contribution in [3.63, 3.8) is 0 Å². The lowest BCUT2D eigenvalue weighted by Crippen LogP contribution is -2.43. The minimum Gasteiger partial charge on any atom is -0.381 e. The Morgan fingerprint density at radius 1 is 1.42 bits per heavy atom. The van der Waals surface area contributed by atoms with Gasteiger partial charge in [0.25, 0.3) is 5.91 Å². The van der Waals surface area contributed by atoms with E-state index in [0.717, 1.165) is 12.8 Å². The summed E-state index contributed by atoms with van der Waals surface area (Å²) in [5, 5.41) is 19.4. The van der Waals surface area contributed by atoms with E-state index in [1.54, 1.807) is 0 Å². The van der Waals surface area contributed by atoms with E-state index < -0.39 is 12.2 Å². The van der Waals surface area contributed by atoms with Gasteiger partial charge in [-0.1, -0.05) is 0 Å². The van der Waals surface area contributed by atoms with Crippen molar-refractivity contribution in [3.05, 3.63) is 0 Å². The van der Waals surface area contributed by atoms with Crippen LogP contribution in [0, 0.1) is 0 Å². The van der Waals surface area contributed by atoms with Crippen molar-refractivity contribution in [2.75, 3.05) is 13.2 Å². The molecule has 5 nitrogen and oxygen atoms in total. The Bertz CT molecular complexity index is 153. The SMILES string of the molecule is O=C(NC1CCOCC1)C(O)O. The van der Waals surface area contributed by atoms with Gasteiger partial charge in [0.05, 0.1) is 0 Å². The van der Waals surface area contributed by atoms with Crippen molar-refractivity contribution in [3.8, 4) is 0 Å². The molecule has 0 aliphatic carbocycles.